The number of benzene rings is 1. The minimum atomic E-state index is -4.38. The zero-order chi connectivity index (χ0) is 13.3. The molecule has 0 aromatic heterocycles. The number of rotatable bonds is 2. The first-order valence-corrected chi connectivity index (χ1v) is 5.58. The molecule has 1 aromatic rings. The largest absolute Gasteiger partial charge is 0.407 e. The lowest BCUT2D eigenvalue weighted by Crippen LogP contribution is -2.34. The van der Waals surface area contributed by atoms with E-state index in [1.807, 2.05) is 0 Å². The van der Waals surface area contributed by atoms with Crippen LogP contribution in [0.2, 0.25) is 0 Å². The summed E-state index contributed by atoms with van der Waals surface area (Å²) in [6, 6.07) is 2.59. The first-order valence-electron chi connectivity index (χ1n) is 5.58. The number of nitrogens with one attached hydrogen (secondary N) is 2. The van der Waals surface area contributed by atoms with E-state index in [2.05, 4.69) is 10.6 Å². The van der Waals surface area contributed by atoms with Crippen molar-refractivity contribution in [3.8, 4) is 0 Å². The van der Waals surface area contributed by atoms with Gasteiger partial charge in [0.05, 0.1) is 0 Å². The van der Waals surface area contributed by atoms with Crippen molar-refractivity contribution >= 4 is 5.91 Å². The standard InChI is InChI=1S/C12H13F3N2O/c1-16-10(12(13,14)15)8-3-2-7-4-5-17-11(18)9(7)6-8/h2-3,6,10,16H,4-5H2,1H3,(H,17,18). The number of fused-ring (bicyclic) bond motifs is 1. The molecule has 0 saturated carbocycles. The van der Waals surface area contributed by atoms with E-state index in [4.69, 9.17) is 0 Å². The molecule has 1 aromatic carbocycles. The molecule has 0 bridgehead atoms. The fourth-order valence-electron chi connectivity index (χ4n) is 2.13. The molecule has 18 heavy (non-hydrogen) atoms. The van der Waals surface area contributed by atoms with E-state index in [9.17, 15) is 18.0 Å². The SMILES string of the molecule is CNC(c1ccc2c(c1)C(=O)NCC2)C(F)(F)F. The summed E-state index contributed by atoms with van der Waals surface area (Å²) in [5.74, 6) is -0.310. The molecule has 1 unspecified atom stereocenters. The van der Waals surface area contributed by atoms with Gasteiger partial charge in [-0.25, -0.2) is 0 Å². The summed E-state index contributed by atoms with van der Waals surface area (Å²) in [6.45, 7) is 0.528. The van der Waals surface area contributed by atoms with Gasteiger partial charge in [0.25, 0.3) is 5.91 Å². The number of halogens is 3. The predicted molar refractivity (Wildman–Crippen MR) is 60.3 cm³/mol. The summed E-state index contributed by atoms with van der Waals surface area (Å²) in [7, 11) is 1.25. The molecule has 2 rings (SSSR count). The molecular weight excluding hydrogens is 245 g/mol. The maximum absolute atomic E-state index is 12.8. The van der Waals surface area contributed by atoms with Crippen LogP contribution < -0.4 is 10.6 Å². The fraction of sp³-hybridized carbons (Fsp3) is 0.417. The average Bonchev–Trinajstić information content (AvgIpc) is 2.29. The molecule has 1 atom stereocenters. The highest BCUT2D eigenvalue weighted by atomic mass is 19.4. The van der Waals surface area contributed by atoms with Crippen LogP contribution in [0.4, 0.5) is 13.2 Å². The van der Waals surface area contributed by atoms with Gasteiger partial charge in [-0.3, -0.25) is 4.79 Å². The number of alkyl halides is 3. The molecule has 1 heterocycles. The highest BCUT2D eigenvalue weighted by Crippen LogP contribution is 2.33. The van der Waals surface area contributed by atoms with Crippen molar-refractivity contribution in [1.82, 2.24) is 10.6 Å². The summed E-state index contributed by atoms with van der Waals surface area (Å²) in [6.07, 6.45) is -3.73. The van der Waals surface area contributed by atoms with Gasteiger partial charge in [0.15, 0.2) is 0 Å². The van der Waals surface area contributed by atoms with E-state index < -0.39 is 12.2 Å². The van der Waals surface area contributed by atoms with Gasteiger partial charge in [0.2, 0.25) is 0 Å². The number of carbonyl (C=O) groups excluding carboxylic acids is 1. The van der Waals surface area contributed by atoms with E-state index in [0.717, 1.165) is 5.56 Å². The first-order chi connectivity index (χ1) is 8.43. The predicted octanol–water partition coefficient (Wildman–Crippen LogP) is 1.80. The van der Waals surface area contributed by atoms with Crippen molar-refractivity contribution in [3.05, 3.63) is 34.9 Å². The summed E-state index contributed by atoms with van der Waals surface area (Å²) in [5, 5.41) is 4.84. The zero-order valence-electron chi connectivity index (χ0n) is 9.77. The Morgan fingerprint density at radius 1 is 1.39 bits per heavy atom. The molecule has 2 N–H and O–H groups in total. The minimum absolute atomic E-state index is 0.0563. The number of carbonyl (C=O) groups is 1. The monoisotopic (exact) mass is 258 g/mol. The first kappa shape index (κ1) is 12.9. The summed E-state index contributed by atoms with van der Waals surface area (Å²) >= 11 is 0. The third-order valence-electron chi connectivity index (χ3n) is 3.01. The van der Waals surface area contributed by atoms with Crippen LogP contribution in [-0.2, 0) is 6.42 Å². The Morgan fingerprint density at radius 2 is 2.11 bits per heavy atom. The smallest absolute Gasteiger partial charge is 0.352 e. The second-order valence-corrected chi connectivity index (χ2v) is 4.19. The molecule has 6 heteroatoms. The van der Waals surface area contributed by atoms with Crippen molar-refractivity contribution in [2.45, 2.75) is 18.6 Å². The maximum Gasteiger partial charge on any atom is 0.407 e. The Bertz CT molecular complexity index is 471. The second kappa shape index (κ2) is 4.61. The van der Waals surface area contributed by atoms with Gasteiger partial charge in [-0.15, -0.1) is 0 Å². The van der Waals surface area contributed by atoms with Crippen LogP contribution in [-0.4, -0.2) is 25.7 Å². The molecule has 1 aliphatic rings. The minimum Gasteiger partial charge on any atom is -0.352 e. The van der Waals surface area contributed by atoms with Crippen LogP contribution in [0.15, 0.2) is 18.2 Å². The molecule has 1 aliphatic heterocycles. The van der Waals surface area contributed by atoms with Gasteiger partial charge in [0.1, 0.15) is 6.04 Å². The van der Waals surface area contributed by atoms with Crippen molar-refractivity contribution in [1.29, 1.82) is 0 Å². The quantitative estimate of drug-likeness (QED) is 0.849. The molecule has 0 saturated heterocycles. The molecule has 98 valence electrons. The Labute approximate surface area is 102 Å². The lowest BCUT2D eigenvalue weighted by Gasteiger charge is -2.23. The van der Waals surface area contributed by atoms with Crippen LogP contribution in [0.25, 0.3) is 0 Å². The molecule has 3 nitrogen and oxygen atoms in total. The van der Waals surface area contributed by atoms with E-state index in [0.29, 0.717) is 18.5 Å². The van der Waals surface area contributed by atoms with E-state index >= 15 is 0 Å². The van der Waals surface area contributed by atoms with E-state index in [1.165, 1.54) is 19.2 Å². The molecule has 0 radical (unpaired) electrons. The van der Waals surface area contributed by atoms with Gasteiger partial charge >= 0.3 is 6.18 Å². The van der Waals surface area contributed by atoms with Crippen molar-refractivity contribution in [2.75, 3.05) is 13.6 Å². The van der Waals surface area contributed by atoms with Crippen LogP contribution in [0.5, 0.6) is 0 Å². The third kappa shape index (κ3) is 2.33. The van der Waals surface area contributed by atoms with Gasteiger partial charge < -0.3 is 10.6 Å². The van der Waals surface area contributed by atoms with E-state index in [-0.39, 0.29) is 11.5 Å². The molecule has 1 amide bonds. The Kier molecular flexibility index (Phi) is 3.30. The van der Waals surface area contributed by atoms with Crippen LogP contribution >= 0.6 is 0 Å². The Balaban J connectivity index is 2.41. The summed E-state index contributed by atoms with van der Waals surface area (Å²) in [4.78, 5) is 11.6. The molecule has 0 spiro atoms. The number of amides is 1. The summed E-state index contributed by atoms with van der Waals surface area (Å²) < 4.78 is 38.3. The van der Waals surface area contributed by atoms with Gasteiger partial charge in [-0.1, -0.05) is 12.1 Å². The van der Waals surface area contributed by atoms with Gasteiger partial charge in [0, 0.05) is 12.1 Å². The Morgan fingerprint density at radius 3 is 2.72 bits per heavy atom. The fourth-order valence-corrected chi connectivity index (χ4v) is 2.13. The van der Waals surface area contributed by atoms with Crippen LogP contribution in [0, 0.1) is 0 Å². The van der Waals surface area contributed by atoms with Crippen LogP contribution in [0.3, 0.4) is 0 Å². The van der Waals surface area contributed by atoms with Gasteiger partial charge in [-0.2, -0.15) is 13.2 Å². The molecular formula is C12H13F3N2O. The number of hydrogen-bond acceptors (Lipinski definition) is 2. The number of hydrogen-bond donors (Lipinski definition) is 2. The topological polar surface area (TPSA) is 41.1 Å². The van der Waals surface area contributed by atoms with Crippen molar-refractivity contribution in [2.24, 2.45) is 0 Å². The van der Waals surface area contributed by atoms with Crippen LogP contribution in [0.1, 0.15) is 27.5 Å². The highest BCUT2D eigenvalue weighted by Gasteiger charge is 2.40. The van der Waals surface area contributed by atoms with Gasteiger partial charge in [-0.05, 0) is 30.7 Å². The molecule has 0 aliphatic carbocycles. The van der Waals surface area contributed by atoms with Crippen molar-refractivity contribution in [3.63, 3.8) is 0 Å². The van der Waals surface area contributed by atoms with Crippen molar-refractivity contribution < 1.29 is 18.0 Å². The Hall–Kier alpha value is -1.56. The molecule has 0 fully saturated rings. The second-order valence-electron chi connectivity index (χ2n) is 4.19. The normalized spacial score (nSPS) is 17.0. The lowest BCUT2D eigenvalue weighted by molar-refractivity contribution is -0.156. The maximum atomic E-state index is 12.8. The average molecular weight is 258 g/mol. The highest BCUT2D eigenvalue weighted by molar-refractivity contribution is 5.96. The zero-order valence-corrected chi connectivity index (χ0v) is 9.77. The van der Waals surface area contributed by atoms with E-state index in [1.54, 1.807) is 6.07 Å². The summed E-state index contributed by atoms with van der Waals surface area (Å²) in [5.41, 5.74) is 1.18. The lowest BCUT2D eigenvalue weighted by atomic mass is 9.95. The third-order valence-corrected chi connectivity index (χ3v) is 3.01.